The highest BCUT2D eigenvalue weighted by atomic mass is 16.2. The lowest BCUT2D eigenvalue weighted by atomic mass is 10.0. The quantitative estimate of drug-likeness (QED) is 0.543. The third-order valence-corrected chi connectivity index (χ3v) is 5.50. The number of hydrogen-bond donors (Lipinski definition) is 1. The first-order valence-electron chi connectivity index (χ1n) is 10.1. The summed E-state index contributed by atoms with van der Waals surface area (Å²) in [7, 11) is 0. The van der Waals surface area contributed by atoms with E-state index in [-0.39, 0.29) is 11.8 Å². The van der Waals surface area contributed by atoms with Crippen molar-refractivity contribution >= 4 is 34.1 Å². The summed E-state index contributed by atoms with van der Waals surface area (Å²) < 4.78 is 0. The molecule has 152 valence electrons. The van der Waals surface area contributed by atoms with Crippen molar-refractivity contribution in [1.82, 2.24) is 9.97 Å². The highest BCUT2D eigenvalue weighted by Gasteiger charge is 2.23. The number of amides is 2. The Kier molecular flexibility index (Phi) is 4.67. The molecule has 0 saturated carbocycles. The molecule has 0 fully saturated rings. The van der Waals surface area contributed by atoms with Gasteiger partial charge in [-0.15, -0.1) is 0 Å². The van der Waals surface area contributed by atoms with Gasteiger partial charge >= 0.3 is 0 Å². The number of carbonyl (C=O) groups is 2. The molecule has 2 aromatic carbocycles. The van der Waals surface area contributed by atoms with Crippen LogP contribution in [0, 0.1) is 0 Å². The van der Waals surface area contributed by atoms with E-state index in [4.69, 9.17) is 0 Å². The van der Waals surface area contributed by atoms with Crippen molar-refractivity contribution in [3.8, 4) is 11.4 Å². The topological polar surface area (TPSA) is 75.2 Å². The number of nitrogens with one attached hydrogen (secondary N) is 1. The van der Waals surface area contributed by atoms with Crippen LogP contribution in [0.25, 0.3) is 22.3 Å². The Hall–Kier alpha value is -4.06. The molecule has 6 heteroatoms. The molecule has 0 radical (unpaired) electrons. The van der Waals surface area contributed by atoms with Gasteiger partial charge in [0.05, 0.1) is 22.5 Å². The summed E-state index contributed by atoms with van der Waals surface area (Å²) in [5.41, 5.74) is 5.31. The Labute approximate surface area is 179 Å². The van der Waals surface area contributed by atoms with Crippen LogP contribution in [0.15, 0.2) is 72.9 Å². The molecule has 2 aromatic heterocycles. The molecule has 0 bridgehead atoms. The van der Waals surface area contributed by atoms with Crippen molar-refractivity contribution in [3.05, 3.63) is 84.1 Å². The summed E-state index contributed by atoms with van der Waals surface area (Å²) in [6.07, 6.45) is 2.49. The number of hydrogen-bond acceptors (Lipinski definition) is 4. The molecule has 0 atom stereocenters. The van der Waals surface area contributed by atoms with Crippen LogP contribution in [-0.4, -0.2) is 28.3 Å². The zero-order chi connectivity index (χ0) is 21.4. The van der Waals surface area contributed by atoms with E-state index in [9.17, 15) is 9.59 Å². The number of benzene rings is 2. The van der Waals surface area contributed by atoms with Gasteiger partial charge in [0.15, 0.2) is 0 Å². The smallest absolute Gasteiger partial charge is 0.256 e. The van der Waals surface area contributed by atoms with Crippen molar-refractivity contribution in [2.45, 2.75) is 13.3 Å². The fraction of sp³-hybridized carbons (Fsp3) is 0.120. The number of rotatable bonds is 3. The standard InChI is InChI=1S/C25H20N4O2/c1-16(30)29-13-11-17-14-18(9-10-24(17)29)27-25(31)20-15-23(22-8-4-5-12-26-22)28-21-7-3-2-6-19(20)21/h2-10,12,14-15H,11,13H2,1H3,(H,27,31). The van der Waals surface area contributed by atoms with Crippen LogP contribution in [-0.2, 0) is 11.2 Å². The Bertz CT molecular complexity index is 1320. The molecule has 31 heavy (non-hydrogen) atoms. The molecule has 1 aliphatic heterocycles. The predicted molar refractivity (Wildman–Crippen MR) is 121 cm³/mol. The van der Waals surface area contributed by atoms with Gasteiger partial charge in [-0.2, -0.15) is 0 Å². The van der Waals surface area contributed by atoms with E-state index in [0.29, 0.717) is 29.2 Å². The van der Waals surface area contributed by atoms with Crippen molar-refractivity contribution < 1.29 is 9.59 Å². The third kappa shape index (κ3) is 3.53. The van der Waals surface area contributed by atoms with Crippen LogP contribution in [0.2, 0.25) is 0 Å². The maximum atomic E-state index is 13.3. The molecule has 5 rings (SSSR count). The maximum Gasteiger partial charge on any atom is 0.256 e. The molecule has 0 unspecified atom stereocenters. The molecule has 3 heterocycles. The first-order chi connectivity index (χ1) is 15.1. The zero-order valence-electron chi connectivity index (χ0n) is 17.0. The van der Waals surface area contributed by atoms with E-state index in [1.807, 2.05) is 60.7 Å². The molecular formula is C25H20N4O2. The number of carbonyl (C=O) groups excluding carboxylic acids is 2. The average Bonchev–Trinajstić information content (AvgIpc) is 3.22. The molecule has 4 aromatic rings. The van der Waals surface area contributed by atoms with E-state index in [1.165, 1.54) is 0 Å². The zero-order valence-corrected chi connectivity index (χ0v) is 17.0. The maximum absolute atomic E-state index is 13.3. The van der Waals surface area contributed by atoms with Crippen molar-refractivity contribution in [1.29, 1.82) is 0 Å². The van der Waals surface area contributed by atoms with Gasteiger partial charge in [-0.05, 0) is 54.4 Å². The van der Waals surface area contributed by atoms with Gasteiger partial charge in [0, 0.05) is 36.4 Å². The van der Waals surface area contributed by atoms with Crippen molar-refractivity contribution in [2.75, 3.05) is 16.8 Å². The van der Waals surface area contributed by atoms with E-state index in [1.54, 1.807) is 24.1 Å². The summed E-state index contributed by atoms with van der Waals surface area (Å²) in [4.78, 5) is 35.9. The number of fused-ring (bicyclic) bond motifs is 2. The lowest BCUT2D eigenvalue weighted by molar-refractivity contribution is -0.116. The summed E-state index contributed by atoms with van der Waals surface area (Å²) in [5.74, 6) is -0.182. The van der Waals surface area contributed by atoms with Crippen LogP contribution in [0.3, 0.4) is 0 Å². The number of aromatic nitrogens is 2. The minimum atomic E-state index is -0.211. The lowest BCUT2D eigenvalue weighted by Crippen LogP contribution is -2.25. The van der Waals surface area contributed by atoms with E-state index in [2.05, 4.69) is 15.3 Å². The second-order valence-corrected chi connectivity index (χ2v) is 7.51. The Morgan fingerprint density at radius 1 is 0.968 bits per heavy atom. The molecule has 1 N–H and O–H groups in total. The molecule has 6 nitrogen and oxygen atoms in total. The molecule has 0 saturated heterocycles. The van der Waals surface area contributed by atoms with Gasteiger partial charge in [0.2, 0.25) is 5.91 Å². The molecule has 2 amide bonds. The van der Waals surface area contributed by atoms with E-state index >= 15 is 0 Å². The predicted octanol–water partition coefficient (Wildman–Crippen LogP) is 4.46. The van der Waals surface area contributed by atoms with Crippen LogP contribution in [0.4, 0.5) is 11.4 Å². The van der Waals surface area contributed by atoms with Crippen LogP contribution in [0.1, 0.15) is 22.8 Å². The van der Waals surface area contributed by atoms with Crippen molar-refractivity contribution in [2.24, 2.45) is 0 Å². The van der Waals surface area contributed by atoms with E-state index in [0.717, 1.165) is 28.6 Å². The number of anilines is 2. The minimum absolute atomic E-state index is 0.0286. The van der Waals surface area contributed by atoms with Gasteiger partial charge < -0.3 is 10.2 Å². The minimum Gasteiger partial charge on any atom is -0.322 e. The largest absolute Gasteiger partial charge is 0.322 e. The molecule has 0 aliphatic carbocycles. The van der Waals surface area contributed by atoms with Crippen LogP contribution in [0.5, 0.6) is 0 Å². The lowest BCUT2D eigenvalue weighted by Gasteiger charge is -2.15. The summed E-state index contributed by atoms with van der Waals surface area (Å²) in [5, 5.41) is 3.79. The van der Waals surface area contributed by atoms with Gasteiger partial charge in [0.1, 0.15) is 0 Å². The number of para-hydroxylation sites is 1. The third-order valence-electron chi connectivity index (χ3n) is 5.50. The van der Waals surface area contributed by atoms with E-state index < -0.39 is 0 Å². The Morgan fingerprint density at radius 3 is 2.61 bits per heavy atom. The second kappa shape index (κ2) is 7.65. The highest BCUT2D eigenvalue weighted by Crippen LogP contribution is 2.31. The summed E-state index contributed by atoms with van der Waals surface area (Å²) in [6, 6.07) is 20.7. The molecular weight excluding hydrogens is 388 g/mol. The van der Waals surface area contributed by atoms with Gasteiger partial charge in [-0.3, -0.25) is 14.6 Å². The second-order valence-electron chi connectivity index (χ2n) is 7.51. The number of pyridine rings is 2. The van der Waals surface area contributed by atoms with Crippen molar-refractivity contribution in [3.63, 3.8) is 0 Å². The first kappa shape index (κ1) is 18.9. The van der Waals surface area contributed by atoms with Gasteiger partial charge in [0.25, 0.3) is 5.91 Å². The van der Waals surface area contributed by atoms with Gasteiger partial charge in [-0.1, -0.05) is 24.3 Å². The Balaban J connectivity index is 1.51. The Morgan fingerprint density at radius 2 is 1.81 bits per heavy atom. The normalized spacial score (nSPS) is 12.6. The SMILES string of the molecule is CC(=O)N1CCc2cc(NC(=O)c3cc(-c4ccccn4)nc4ccccc34)ccc21. The van der Waals surface area contributed by atoms with Gasteiger partial charge in [-0.25, -0.2) is 4.98 Å². The average molecular weight is 408 g/mol. The first-order valence-corrected chi connectivity index (χ1v) is 10.1. The van der Waals surface area contributed by atoms with Crippen LogP contribution >= 0.6 is 0 Å². The monoisotopic (exact) mass is 408 g/mol. The highest BCUT2D eigenvalue weighted by molar-refractivity contribution is 6.13. The fourth-order valence-electron chi connectivity index (χ4n) is 4.01. The van der Waals surface area contributed by atoms with Crippen LogP contribution < -0.4 is 10.2 Å². The fourth-order valence-corrected chi connectivity index (χ4v) is 4.01. The molecule has 0 spiro atoms. The summed E-state index contributed by atoms with van der Waals surface area (Å²) in [6.45, 7) is 2.24. The molecule has 1 aliphatic rings. The number of nitrogens with zero attached hydrogens (tertiary/aromatic N) is 3. The summed E-state index contributed by atoms with van der Waals surface area (Å²) >= 11 is 0.